The second-order valence-electron chi connectivity index (χ2n) is 14.9. The largest absolute Gasteiger partial charge is 0.508 e. The highest BCUT2D eigenvalue weighted by atomic mass is 19.1. The predicted octanol–water partition coefficient (Wildman–Crippen LogP) is 4.64. The molecule has 0 unspecified atom stereocenters. The number of carbonyl (C=O) groups is 3. The van der Waals surface area contributed by atoms with Crippen LogP contribution in [0, 0.1) is 11.6 Å². The van der Waals surface area contributed by atoms with E-state index in [1.165, 1.54) is 18.2 Å². The van der Waals surface area contributed by atoms with Crippen LogP contribution in [0.4, 0.5) is 19.3 Å². The molecule has 49 heavy (non-hydrogen) atoms. The van der Waals surface area contributed by atoms with Crippen molar-refractivity contribution in [3.8, 4) is 5.75 Å². The number of carbonyl (C=O) groups excluding carboxylic acids is 3. The van der Waals surface area contributed by atoms with E-state index in [0.717, 1.165) is 11.6 Å². The first kappa shape index (κ1) is 34.2. The van der Waals surface area contributed by atoms with E-state index in [-0.39, 0.29) is 55.2 Å². The maximum Gasteiger partial charge on any atom is 0.410 e. The van der Waals surface area contributed by atoms with Crippen LogP contribution in [0.2, 0.25) is 0 Å². The standard InChI is InChI=1S/C36H42F2N6O5/c1-21-15-41(26(18-43(21)34(48)49-35(2,3)4)17-42-16-23-8-10-27(45)14-28(23)33(42)47)19-31(46)44-20-36(5,6)32-30(44)13-25(39-40-32)11-22-7-9-24(37)12-29(22)38/h7-10,12-14,21,26,45H,11,15-20H2,1-6H3/t21-,26+/m1/s1. The number of anilines is 1. The molecule has 2 aromatic carbocycles. The molecule has 3 amide bonds. The Hall–Kier alpha value is -4.65. The highest BCUT2D eigenvalue weighted by molar-refractivity contribution is 5.99. The monoisotopic (exact) mass is 676 g/mol. The van der Waals surface area contributed by atoms with Crippen LogP contribution in [0.5, 0.6) is 5.75 Å². The van der Waals surface area contributed by atoms with Crippen LogP contribution in [-0.4, -0.2) is 98.3 Å². The Labute approximate surface area is 284 Å². The number of amides is 3. The summed E-state index contributed by atoms with van der Waals surface area (Å²) in [4.78, 5) is 47.9. The van der Waals surface area contributed by atoms with E-state index in [1.54, 1.807) is 53.7 Å². The molecule has 0 aliphatic carbocycles. The molecule has 0 radical (unpaired) electrons. The molecule has 2 atom stereocenters. The van der Waals surface area contributed by atoms with E-state index in [2.05, 4.69) is 10.2 Å². The zero-order valence-electron chi connectivity index (χ0n) is 28.7. The van der Waals surface area contributed by atoms with Gasteiger partial charge in [0.1, 0.15) is 23.0 Å². The van der Waals surface area contributed by atoms with Crippen molar-refractivity contribution in [2.45, 2.75) is 77.6 Å². The maximum atomic E-state index is 14.5. The first-order chi connectivity index (χ1) is 23.0. The summed E-state index contributed by atoms with van der Waals surface area (Å²) in [6.45, 7) is 12.8. The molecule has 11 nitrogen and oxygen atoms in total. The van der Waals surface area contributed by atoms with Crippen molar-refractivity contribution in [1.82, 2.24) is 24.9 Å². The number of nitrogens with zero attached hydrogens (tertiary/aromatic N) is 6. The number of hydrogen-bond donors (Lipinski definition) is 1. The molecule has 13 heteroatoms. The third kappa shape index (κ3) is 7.08. The van der Waals surface area contributed by atoms with Crippen LogP contribution >= 0.6 is 0 Å². The van der Waals surface area contributed by atoms with Crippen LogP contribution in [0.3, 0.4) is 0 Å². The number of halogens is 2. The minimum absolute atomic E-state index is 0.00665. The number of phenols is 1. The highest BCUT2D eigenvalue weighted by Gasteiger charge is 2.43. The number of hydrogen-bond acceptors (Lipinski definition) is 8. The number of aromatic hydroxyl groups is 1. The molecule has 3 aliphatic rings. The summed E-state index contributed by atoms with van der Waals surface area (Å²) in [7, 11) is 0. The molecule has 260 valence electrons. The summed E-state index contributed by atoms with van der Waals surface area (Å²) in [6, 6.07) is 9.19. The summed E-state index contributed by atoms with van der Waals surface area (Å²) in [5, 5.41) is 18.7. The molecule has 1 aromatic heterocycles. The van der Waals surface area contributed by atoms with Crippen molar-refractivity contribution in [3.63, 3.8) is 0 Å². The Kier molecular flexibility index (Phi) is 8.85. The minimum Gasteiger partial charge on any atom is -0.508 e. The second kappa shape index (κ2) is 12.7. The van der Waals surface area contributed by atoms with Gasteiger partial charge in [-0.15, -0.1) is 0 Å². The van der Waals surface area contributed by atoms with Gasteiger partial charge in [-0.2, -0.15) is 10.2 Å². The van der Waals surface area contributed by atoms with Gasteiger partial charge in [0.05, 0.1) is 23.6 Å². The lowest BCUT2D eigenvalue weighted by atomic mass is 9.91. The average molecular weight is 677 g/mol. The van der Waals surface area contributed by atoms with Gasteiger partial charge in [-0.25, -0.2) is 13.6 Å². The van der Waals surface area contributed by atoms with Crippen LogP contribution in [0.1, 0.15) is 74.4 Å². The van der Waals surface area contributed by atoms with E-state index >= 15 is 0 Å². The maximum absolute atomic E-state index is 14.5. The SMILES string of the molecule is C[C@@H]1CN(CC(=O)N2CC(C)(C)c3nnc(Cc4ccc(F)cc4F)cc32)[C@@H](CN2Cc3ccc(O)cc3C2=O)CN1C(=O)OC(C)(C)C. The lowest BCUT2D eigenvalue weighted by Crippen LogP contribution is -2.63. The van der Waals surface area contributed by atoms with E-state index in [0.29, 0.717) is 42.3 Å². The molecule has 1 saturated heterocycles. The lowest BCUT2D eigenvalue weighted by molar-refractivity contribution is -0.121. The van der Waals surface area contributed by atoms with Crippen molar-refractivity contribution < 1.29 is 33.0 Å². The number of aromatic nitrogens is 2. The normalized spacial score (nSPS) is 20.4. The second-order valence-corrected chi connectivity index (χ2v) is 14.9. The van der Waals surface area contributed by atoms with Crippen LogP contribution < -0.4 is 4.90 Å². The highest BCUT2D eigenvalue weighted by Crippen LogP contribution is 2.39. The number of piperazine rings is 1. The number of fused-ring (bicyclic) bond motifs is 2. The summed E-state index contributed by atoms with van der Waals surface area (Å²) in [6.07, 6.45) is -0.388. The fourth-order valence-corrected chi connectivity index (χ4v) is 6.89. The van der Waals surface area contributed by atoms with Gasteiger partial charge in [0.2, 0.25) is 5.91 Å². The minimum atomic E-state index is -0.700. The smallest absolute Gasteiger partial charge is 0.410 e. The van der Waals surface area contributed by atoms with Crippen molar-refractivity contribution in [1.29, 1.82) is 0 Å². The van der Waals surface area contributed by atoms with Gasteiger partial charge < -0.3 is 24.5 Å². The number of rotatable bonds is 6. The van der Waals surface area contributed by atoms with Crippen LogP contribution in [0.25, 0.3) is 0 Å². The van der Waals surface area contributed by atoms with E-state index in [9.17, 15) is 28.3 Å². The quantitative estimate of drug-likeness (QED) is 0.401. The molecule has 3 aliphatic heterocycles. The number of benzene rings is 2. The number of ether oxygens (including phenoxy) is 1. The van der Waals surface area contributed by atoms with Gasteiger partial charge in [-0.1, -0.05) is 26.0 Å². The van der Waals surface area contributed by atoms with Crippen LogP contribution in [-0.2, 0) is 27.9 Å². The van der Waals surface area contributed by atoms with Gasteiger partial charge in [0.15, 0.2) is 0 Å². The van der Waals surface area contributed by atoms with Gasteiger partial charge in [-0.3, -0.25) is 14.5 Å². The lowest BCUT2D eigenvalue weighted by Gasteiger charge is -2.46. The third-order valence-corrected chi connectivity index (χ3v) is 9.32. The Morgan fingerprint density at radius 3 is 2.53 bits per heavy atom. The third-order valence-electron chi connectivity index (χ3n) is 9.32. The molecule has 0 bridgehead atoms. The topological polar surface area (TPSA) is 119 Å². The van der Waals surface area contributed by atoms with Crippen molar-refractivity contribution in [2.75, 3.05) is 37.6 Å². The van der Waals surface area contributed by atoms with Gasteiger partial charge >= 0.3 is 6.09 Å². The fraction of sp³-hybridized carbons (Fsp3) is 0.472. The zero-order valence-corrected chi connectivity index (χ0v) is 28.7. The average Bonchev–Trinajstić information content (AvgIpc) is 3.46. The van der Waals surface area contributed by atoms with Gasteiger partial charge in [0.25, 0.3) is 5.91 Å². The van der Waals surface area contributed by atoms with Gasteiger partial charge in [-0.05, 0) is 63.1 Å². The predicted molar refractivity (Wildman–Crippen MR) is 177 cm³/mol. The summed E-state index contributed by atoms with van der Waals surface area (Å²) >= 11 is 0. The van der Waals surface area contributed by atoms with E-state index < -0.39 is 34.8 Å². The molecular formula is C36H42F2N6O5. The summed E-state index contributed by atoms with van der Waals surface area (Å²) < 4.78 is 33.7. The fourth-order valence-electron chi connectivity index (χ4n) is 6.89. The summed E-state index contributed by atoms with van der Waals surface area (Å²) in [5.41, 5.74) is 1.97. The van der Waals surface area contributed by atoms with Crippen molar-refractivity contribution in [2.24, 2.45) is 0 Å². The first-order valence-electron chi connectivity index (χ1n) is 16.5. The van der Waals surface area contributed by atoms with E-state index in [4.69, 9.17) is 4.74 Å². The molecule has 3 aromatic rings. The molecule has 0 spiro atoms. The molecule has 4 heterocycles. The molecule has 6 rings (SSSR count). The van der Waals surface area contributed by atoms with Crippen molar-refractivity contribution >= 4 is 23.6 Å². The molecule has 1 fully saturated rings. The Morgan fingerprint density at radius 2 is 1.82 bits per heavy atom. The van der Waals surface area contributed by atoms with Crippen LogP contribution in [0.15, 0.2) is 42.5 Å². The Morgan fingerprint density at radius 1 is 1.06 bits per heavy atom. The summed E-state index contributed by atoms with van der Waals surface area (Å²) in [5.74, 6) is -1.76. The Balaban J connectivity index is 1.25. The van der Waals surface area contributed by atoms with Crippen molar-refractivity contribution in [3.05, 3.63) is 82.2 Å². The molecular weight excluding hydrogens is 634 g/mol. The number of phenolic OH excluding ortho intramolecular Hbond substituents is 1. The molecule has 1 N–H and O–H groups in total. The Bertz CT molecular complexity index is 1810. The van der Waals surface area contributed by atoms with E-state index in [1.807, 2.05) is 25.7 Å². The van der Waals surface area contributed by atoms with Gasteiger partial charge in [0, 0.05) is 68.3 Å². The molecule has 0 saturated carbocycles. The first-order valence-corrected chi connectivity index (χ1v) is 16.5. The zero-order chi connectivity index (χ0) is 35.4.